The molecule has 1 heterocycles. The van der Waals surface area contributed by atoms with Gasteiger partial charge in [0.05, 0.1) is 0 Å². The van der Waals surface area contributed by atoms with Gasteiger partial charge in [-0.2, -0.15) is 0 Å². The summed E-state index contributed by atoms with van der Waals surface area (Å²) in [4.78, 5) is 2.31. The number of benzene rings is 10. The Labute approximate surface area is 397 Å². The van der Waals surface area contributed by atoms with Gasteiger partial charge in [0, 0.05) is 42.8 Å². The van der Waals surface area contributed by atoms with Gasteiger partial charge in [-0.1, -0.05) is 225 Å². The lowest BCUT2D eigenvalue weighted by atomic mass is 9.91. The summed E-state index contributed by atoms with van der Waals surface area (Å²) in [5, 5.41) is 5.08. The zero-order valence-corrected chi connectivity index (χ0v) is 38.1. The Hall–Kier alpha value is -8.30. The fourth-order valence-electron chi connectivity index (χ4n) is 9.44. The van der Waals surface area contributed by atoms with Crippen molar-refractivity contribution in [3.63, 3.8) is 0 Å². The van der Waals surface area contributed by atoms with Gasteiger partial charge in [-0.05, 0) is 115 Å². The molecule has 67 heavy (non-hydrogen) atoms. The van der Waals surface area contributed by atoms with Gasteiger partial charge in [0.15, 0.2) is 0 Å². The summed E-state index contributed by atoms with van der Waals surface area (Å²) in [5.41, 5.74) is 17.0. The van der Waals surface area contributed by atoms with E-state index in [1.165, 1.54) is 75.5 Å². The van der Waals surface area contributed by atoms with E-state index >= 15 is 0 Å². The van der Waals surface area contributed by atoms with E-state index in [4.69, 9.17) is 6.58 Å². The molecule has 0 saturated carbocycles. The predicted octanol–water partition coefficient (Wildman–Crippen LogP) is 18.7. The molecule has 11 aromatic rings. The molecule has 1 aromatic heterocycles. The van der Waals surface area contributed by atoms with Crippen molar-refractivity contribution in [1.82, 2.24) is 0 Å². The summed E-state index contributed by atoms with van der Waals surface area (Å²) in [6, 6.07) is 87.4. The molecule has 318 valence electrons. The van der Waals surface area contributed by atoms with Crippen molar-refractivity contribution in [2.75, 3.05) is 4.90 Å². The molecule has 0 fully saturated rings. The van der Waals surface area contributed by atoms with Crippen LogP contribution in [0.4, 0.5) is 11.4 Å². The molecule has 0 saturated heterocycles. The van der Waals surface area contributed by atoms with Crippen molar-refractivity contribution in [1.29, 1.82) is 0 Å². The second-order valence-corrected chi connectivity index (χ2v) is 18.0. The molecular weight excluding hydrogens is 827 g/mol. The average Bonchev–Trinajstić information content (AvgIpc) is 3.79. The number of fused-ring (bicyclic) bond motifs is 4. The van der Waals surface area contributed by atoms with Crippen LogP contribution in [-0.4, -0.2) is 0 Å². The van der Waals surface area contributed by atoms with Gasteiger partial charge in [0.1, 0.15) is 0 Å². The van der Waals surface area contributed by atoms with Gasteiger partial charge >= 0.3 is 0 Å². The molecular formula is C65H47NS. The molecule has 0 aliphatic heterocycles. The van der Waals surface area contributed by atoms with Crippen molar-refractivity contribution in [3.05, 3.63) is 278 Å². The largest absolute Gasteiger partial charge is 0.310 e. The summed E-state index contributed by atoms with van der Waals surface area (Å²) in [6.07, 6.45) is 4.49. The van der Waals surface area contributed by atoms with Crippen LogP contribution >= 0.6 is 11.3 Å². The van der Waals surface area contributed by atoms with Crippen molar-refractivity contribution >= 4 is 64.8 Å². The molecule has 0 N–H and O–H groups in total. The van der Waals surface area contributed by atoms with Gasteiger partial charge in [-0.25, -0.2) is 0 Å². The van der Waals surface area contributed by atoms with Crippen LogP contribution in [0.2, 0.25) is 0 Å². The molecule has 0 aliphatic rings. The van der Waals surface area contributed by atoms with Gasteiger partial charge in [-0.3, -0.25) is 0 Å². The molecule has 0 atom stereocenters. The topological polar surface area (TPSA) is 3.24 Å². The van der Waals surface area contributed by atoms with Crippen molar-refractivity contribution < 1.29 is 0 Å². The van der Waals surface area contributed by atoms with Crippen LogP contribution in [-0.2, 0) is 0 Å². The third-order valence-electron chi connectivity index (χ3n) is 12.9. The molecule has 0 amide bonds. The quantitative estimate of drug-likeness (QED) is 0.117. The Morgan fingerprint density at radius 3 is 1.67 bits per heavy atom. The highest BCUT2D eigenvalue weighted by molar-refractivity contribution is 7.26. The summed E-state index contributed by atoms with van der Waals surface area (Å²) in [5.74, 6) is 0. The Morgan fingerprint density at radius 2 is 0.955 bits per heavy atom. The first kappa shape index (κ1) is 41.4. The van der Waals surface area contributed by atoms with Crippen LogP contribution in [0.25, 0.3) is 86.6 Å². The number of nitrogens with zero attached hydrogens (tertiary/aromatic N) is 1. The van der Waals surface area contributed by atoms with Crippen LogP contribution in [0.5, 0.6) is 0 Å². The van der Waals surface area contributed by atoms with Gasteiger partial charge < -0.3 is 4.90 Å². The monoisotopic (exact) mass is 873 g/mol. The SMILES string of the molecule is C=C(/C(=C\C=C(/C)c1cccc2ccccc12)c1ccccc1)N(c1ccc(-c2ccc(-c3ccccc3)c(-c3ccccc3)c2)cc1)c1ccc(-c2cccc3c2sc2ccccc23)cc1. The average molecular weight is 874 g/mol. The Balaban J connectivity index is 1.02. The lowest BCUT2D eigenvalue weighted by Crippen LogP contribution is -2.17. The van der Waals surface area contributed by atoms with Crippen LogP contribution in [0.15, 0.2) is 267 Å². The Kier molecular flexibility index (Phi) is 11.3. The number of thiophene rings is 1. The van der Waals surface area contributed by atoms with E-state index in [0.29, 0.717) is 0 Å². The molecule has 2 heteroatoms. The highest BCUT2D eigenvalue weighted by atomic mass is 32.1. The zero-order chi connectivity index (χ0) is 45.1. The first-order valence-corrected chi connectivity index (χ1v) is 23.7. The van der Waals surface area contributed by atoms with Crippen LogP contribution in [0.3, 0.4) is 0 Å². The smallest absolute Gasteiger partial charge is 0.0468 e. The van der Waals surface area contributed by atoms with Gasteiger partial charge in [0.2, 0.25) is 0 Å². The number of anilines is 2. The fraction of sp³-hybridized carbons (Fsp3) is 0.0154. The minimum Gasteiger partial charge on any atom is -0.310 e. The summed E-state index contributed by atoms with van der Waals surface area (Å²) >= 11 is 1.86. The van der Waals surface area contributed by atoms with E-state index in [9.17, 15) is 0 Å². The standard InChI is InChI=1S/C65H47NS/c1-45(56-28-16-25-50-24-12-13-26-58(50)56)32-42-57(48-18-6-3-7-19-48)46(2)66(55-40-35-52(36-41-55)60-29-17-30-62-61-27-14-15-31-64(61)67-65(60)62)54-38-33-47(34-39-54)53-37-43-59(49-20-8-4-9-21-49)63(44-53)51-22-10-5-11-23-51/h3-44H,2H2,1H3/b45-32+,57-42+. The van der Waals surface area contributed by atoms with E-state index in [1.807, 2.05) is 11.3 Å². The van der Waals surface area contributed by atoms with Gasteiger partial charge in [0.25, 0.3) is 0 Å². The van der Waals surface area contributed by atoms with E-state index in [-0.39, 0.29) is 0 Å². The minimum atomic E-state index is 0.874. The highest BCUT2D eigenvalue weighted by Gasteiger charge is 2.20. The molecule has 0 aliphatic carbocycles. The maximum atomic E-state index is 4.93. The fourth-order valence-corrected chi connectivity index (χ4v) is 10.7. The summed E-state index contributed by atoms with van der Waals surface area (Å²) in [7, 11) is 0. The predicted molar refractivity (Wildman–Crippen MR) is 291 cm³/mol. The third kappa shape index (κ3) is 8.21. The Bertz CT molecular complexity index is 3610. The number of hydrogen-bond donors (Lipinski definition) is 0. The normalized spacial score (nSPS) is 11.9. The first-order chi connectivity index (χ1) is 33.1. The molecule has 10 aromatic carbocycles. The van der Waals surface area contributed by atoms with Crippen LogP contribution in [0, 0.1) is 0 Å². The second-order valence-electron chi connectivity index (χ2n) is 17.0. The number of rotatable bonds is 11. The van der Waals surface area contributed by atoms with Crippen LogP contribution in [0.1, 0.15) is 18.1 Å². The van der Waals surface area contributed by atoms with E-state index in [1.54, 1.807) is 0 Å². The first-order valence-electron chi connectivity index (χ1n) is 22.8. The maximum Gasteiger partial charge on any atom is 0.0468 e. The van der Waals surface area contributed by atoms with Crippen molar-refractivity contribution in [3.8, 4) is 44.5 Å². The maximum absolute atomic E-state index is 4.93. The highest BCUT2D eigenvalue weighted by Crippen LogP contribution is 2.43. The summed E-state index contributed by atoms with van der Waals surface area (Å²) in [6.45, 7) is 7.13. The molecule has 11 rings (SSSR count). The Morgan fingerprint density at radius 1 is 0.418 bits per heavy atom. The lowest BCUT2D eigenvalue weighted by Gasteiger charge is -2.29. The summed E-state index contributed by atoms with van der Waals surface area (Å²) < 4.78 is 2.61. The number of hydrogen-bond acceptors (Lipinski definition) is 2. The van der Waals surface area contributed by atoms with Crippen molar-refractivity contribution in [2.45, 2.75) is 6.92 Å². The van der Waals surface area contributed by atoms with Crippen molar-refractivity contribution in [2.24, 2.45) is 0 Å². The van der Waals surface area contributed by atoms with Crippen LogP contribution < -0.4 is 4.90 Å². The zero-order valence-electron chi connectivity index (χ0n) is 37.3. The molecule has 0 unspecified atom stereocenters. The van der Waals surface area contributed by atoms with Gasteiger partial charge in [-0.15, -0.1) is 11.3 Å². The number of allylic oxidation sites excluding steroid dienone is 4. The molecule has 0 radical (unpaired) electrons. The molecule has 0 bridgehead atoms. The van der Waals surface area contributed by atoms with E-state index < -0.39 is 0 Å². The second kappa shape index (κ2) is 18.3. The van der Waals surface area contributed by atoms with E-state index in [2.05, 4.69) is 267 Å². The molecule has 1 nitrogen and oxygen atoms in total. The minimum absolute atomic E-state index is 0.874. The molecule has 0 spiro atoms. The van der Waals surface area contributed by atoms with E-state index in [0.717, 1.165) is 39.3 Å². The third-order valence-corrected chi connectivity index (χ3v) is 14.1. The lowest BCUT2D eigenvalue weighted by molar-refractivity contribution is 1.22.